The van der Waals surface area contributed by atoms with Crippen molar-refractivity contribution in [1.29, 1.82) is 0 Å². The first-order valence-corrected chi connectivity index (χ1v) is 6.75. The zero-order valence-corrected chi connectivity index (χ0v) is 12.7. The SMILES string of the molecule is COc1cccc(C=Nc2ccc(Br)cc2C(=O)O)c1O. The highest BCUT2D eigenvalue weighted by atomic mass is 79.9. The van der Waals surface area contributed by atoms with Crippen LogP contribution in [0.3, 0.4) is 0 Å². The van der Waals surface area contributed by atoms with Gasteiger partial charge in [-0.2, -0.15) is 0 Å². The van der Waals surface area contributed by atoms with E-state index in [0.29, 0.717) is 21.5 Å². The average Bonchev–Trinajstić information content (AvgIpc) is 2.47. The fourth-order valence-corrected chi connectivity index (χ4v) is 2.10. The molecule has 0 saturated carbocycles. The quantitative estimate of drug-likeness (QED) is 0.826. The number of aromatic hydroxyl groups is 1. The number of hydrogen-bond acceptors (Lipinski definition) is 4. The summed E-state index contributed by atoms with van der Waals surface area (Å²) in [6, 6.07) is 9.74. The fourth-order valence-electron chi connectivity index (χ4n) is 1.74. The molecule has 21 heavy (non-hydrogen) atoms. The number of benzene rings is 2. The molecule has 0 saturated heterocycles. The predicted molar refractivity (Wildman–Crippen MR) is 83.0 cm³/mol. The molecule has 2 rings (SSSR count). The van der Waals surface area contributed by atoms with Gasteiger partial charge in [0.25, 0.3) is 0 Å². The van der Waals surface area contributed by atoms with E-state index in [2.05, 4.69) is 20.9 Å². The molecule has 0 radical (unpaired) electrons. The fraction of sp³-hybridized carbons (Fsp3) is 0.0667. The molecular formula is C15H12BrNO4. The Morgan fingerprint density at radius 1 is 1.33 bits per heavy atom. The summed E-state index contributed by atoms with van der Waals surface area (Å²) >= 11 is 3.22. The normalized spacial score (nSPS) is 10.8. The predicted octanol–water partition coefficient (Wildman–Crippen LogP) is 3.61. The van der Waals surface area contributed by atoms with Gasteiger partial charge < -0.3 is 14.9 Å². The number of halogens is 1. The van der Waals surface area contributed by atoms with Crippen LogP contribution >= 0.6 is 15.9 Å². The molecule has 108 valence electrons. The monoisotopic (exact) mass is 349 g/mol. The first kappa shape index (κ1) is 15.1. The van der Waals surface area contributed by atoms with E-state index in [-0.39, 0.29) is 11.3 Å². The number of methoxy groups -OCH3 is 1. The van der Waals surface area contributed by atoms with E-state index in [1.165, 1.54) is 19.4 Å². The van der Waals surface area contributed by atoms with Crippen LogP contribution in [-0.4, -0.2) is 29.5 Å². The number of carboxylic acids is 1. The van der Waals surface area contributed by atoms with E-state index in [0.717, 1.165) is 0 Å². The highest BCUT2D eigenvalue weighted by Gasteiger charge is 2.10. The second-order valence-electron chi connectivity index (χ2n) is 4.12. The molecular weight excluding hydrogens is 338 g/mol. The van der Waals surface area contributed by atoms with Crippen molar-refractivity contribution in [2.75, 3.05) is 7.11 Å². The Morgan fingerprint density at radius 2 is 2.10 bits per heavy atom. The van der Waals surface area contributed by atoms with Crippen LogP contribution < -0.4 is 4.74 Å². The maximum absolute atomic E-state index is 11.2. The summed E-state index contributed by atoms with van der Waals surface area (Å²) in [6.07, 6.45) is 1.40. The third kappa shape index (κ3) is 3.41. The highest BCUT2D eigenvalue weighted by Crippen LogP contribution is 2.29. The van der Waals surface area contributed by atoms with Gasteiger partial charge in [0.1, 0.15) is 0 Å². The number of phenolic OH excluding ortho intramolecular Hbond substituents is 1. The van der Waals surface area contributed by atoms with Gasteiger partial charge in [0, 0.05) is 16.3 Å². The molecule has 6 heteroatoms. The Kier molecular flexibility index (Phi) is 4.59. The number of para-hydroxylation sites is 1. The first-order chi connectivity index (χ1) is 10.0. The molecule has 2 aromatic carbocycles. The van der Waals surface area contributed by atoms with Crippen LogP contribution in [0.15, 0.2) is 45.9 Å². The number of phenols is 1. The summed E-state index contributed by atoms with van der Waals surface area (Å²) in [5.74, 6) is -0.788. The van der Waals surface area contributed by atoms with Gasteiger partial charge in [-0.1, -0.05) is 22.0 Å². The van der Waals surface area contributed by atoms with Crippen molar-refractivity contribution >= 4 is 33.8 Å². The molecule has 0 heterocycles. The van der Waals surface area contributed by atoms with Crippen molar-refractivity contribution in [3.63, 3.8) is 0 Å². The molecule has 2 N–H and O–H groups in total. The minimum atomic E-state index is -1.07. The van der Waals surface area contributed by atoms with Crippen molar-refractivity contribution in [2.24, 2.45) is 4.99 Å². The van der Waals surface area contributed by atoms with Crippen LogP contribution in [0.25, 0.3) is 0 Å². The molecule has 0 atom stereocenters. The van der Waals surface area contributed by atoms with E-state index in [1.807, 2.05) is 0 Å². The lowest BCUT2D eigenvalue weighted by Gasteiger charge is -2.05. The number of aromatic carboxylic acids is 1. The van der Waals surface area contributed by atoms with Crippen molar-refractivity contribution in [3.05, 3.63) is 52.0 Å². The van der Waals surface area contributed by atoms with Crippen LogP contribution in [-0.2, 0) is 0 Å². The second-order valence-corrected chi connectivity index (χ2v) is 5.04. The van der Waals surface area contributed by atoms with Crippen LogP contribution in [0.5, 0.6) is 11.5 Å². The Labute approximate surface area is 129 Å². The van der Waals surface area contributed by atoms with Crippen LogP contribution in [0, 0.1) is 0 Å². The molecule has 0 aliphatic carbocycles. The molecule has 0 bridgehead atoms. The first-order valence-electron chi connectivity index (χ1n) is 5.96. The molecule has 0 aliphatic rings. The van der Waals surface area contributed by atoms with E-state index in [4.69, 9.17) is 9.84 Å². The molecule has 2 aromatic rings. The summed E-state index contributed by atoms with van der Waals surface area (Å²) in [4.78, 5) is 15.3. The molecule has 0 fully saturated rings. The molecule has 0 unspecified atom stereocenters. The van der Waals surface area contributed by atoms with Gasteiger partial charge in [-0.25, -0.2) is 4.79 Å². The zero-order valence-electron chi connectivity index (χ0n) is 11.1. The summed E-state index contributed by atoms with van der Waals surface area (Å²) in [7, 11) is 1.45. The van der Waals surface area contributed by atoms with Gasteiger partial charge in [0.05, 0.1) is 18.4 Å². The number of aliphatic imine (C=N–C) groups is 1. The molecule has 0 amide bonds. The second kappa shape index (κ2) is 6.41. The topological polar surface area (TPSA) is 79.1 Å². The summed E-state index contributed by atoms with van der Waals surface area (Å²) in [5.41, 5.74) is 0.810. The molecule has 0 aliphatic heterocycles. The van der Waals surface area contributed by atoms with E-state index >= 15 is 0 Å². The third-order valence-corrected chi connectivity index (χ3v) is 3.28. The molecule has 5 nitrogen and oxygen atoms in total. The van der Waals surface area contributed by atoms with Gasteiger partial charge >= 0.3 is 5.97 Å². The lowest BCUT2D eigenvalue weighted by atomic mass is 10.1. The summed E-state index contributed by atoms with van der Waals surface area (Å²) in [6.45, 7) is 0. The van der Waals surface area contributed by atoms with Crippen molar-refractivity contribution in [2.45, 2.75) is 0 Å². The lowest BCUT2D eigenvalue weighted by Crippen LogP contribution is -1.97. The maximum atomic E-state index is 11.2. The number of rotatable bonds is 4. The van der Waals surface area contributed by atoms with Crippen LogP contribution in [0.1, 0.15) is 15.9 Å². The number of ether oxygens (including phenoxy) is 1. The van der Waals surface area contributed by atoms with Gasteiger partial charge in [0.15, 0.2) is 11.5 Å². The average molecular weight is 350 g/mol. The standard InChI is InChI=1S/C15H12BrNO4/c1-21-13-4-2-3-9(14(13)18)8-17-12-6-5-10(16)7-11(12)15(19)20/h2-8,18H,1H3,(H,19,20). The van der Waals surface area contributed by atoms with Gasteiger partial charge in [-0.3, -0.25) is 4.99 Å². The molecule has 0 spiro atoms. The summed E-state index contributed by atoms with van der Waals surface area (Å²) < 4.78 is 5.66. The Hall–Kier alpha value is -2.34. The number of carboxylic acid groups (broad SMARTS) is 1. The Bertz CT molecular complexity index is 713. The summed E-state index contributed by atoms with van der Waals surface area (Å²) in [5, 5.41) is 19.1. The lowest BCUT2D eigenvalue weighted by molar-refractivity contribution is 0.0698. The van der Waals surface area contributed by atoms with Crippen molar-refractivity contribution in [1.82, 2.24) is 0 Å². The smallest absolute Gasteiger partial charge is 0.337 e. The van der Waals surface area contributed by atoms with Crippen LogP contribution in [0.4, 0.5) is 5.69 Å². The third-order valence-electron chi connectivity index (χ3n) is 2.78. The minimum absolute atomic E-state index is 0.0438. The van der Waals surface area contributed by atoms with Gasteiger partial charge in [-0.05, 0) is 30.3 Å². The molecule has 0 aromatic heterocycles. The van der Waals surface area contributed by atoms with E-state index in [9.17, 15) is 9.90 Å². The van der Waals surface area contributed by atoms with Gasteiger partial charge in [0.2, 0.25) is 0 Å². The van der Waals surface area contributed by atoms with E-state index < -0.39 is 5.97 Å². The zero-order chi connectivity index (χ0) is 15.4. The number of hydrogen-bond donors (Lipinski definition) is 2. The highest BCUT2D eigenvalue weighted by molar-refractivity contribution is 9.10. The maximum Gasteiger partial charge on any atom is 0.337 e. The largest absolute Gasteiger partial charge is 0.504 e. The number of nitrogens with zero attached hydrogens (tertiary/aromatic N) is 1. The Morgan fingerprint density at radius 3 is 2.76 bits per heavy atom. The van der Waals surface area contributed by atoms with Crippen LogP contribution in [0.2, 0.25) is 0 Å². The van der Waals surface area contributed by atoms with Crippen molar-refractivity contribution < 1.29 is 19.7 Å². The minimum Gasteiger partial charge on any atom is -0.504 e. The van der Waals surface area contributed by atoms with Gasteiger partial charge in [-0.15, -0.1) is 0 Å². The van der Waals surface area contributed by atoms with Crippen molar-refractivity contribution in [3.8, 4) is 11.5 Å². The Balaban J connectivity index is 2.41. The van der Waals surface area contributed by atoms with E-state index in [1.54, 1.807) is 30.3 Å². The number of carbonyl (C=O) groups is 1.